The summed E-state index contributed by atoms with van der Waals surface area (Å²) in [6.07, 6.45) is 1.73. The largest absolute Gasteiger partial charge is 0.493 e. The Labute approximate surface area is 224 Å². The molecular formula is C29H29F2N5O3. The van der Waals surface area contributed by atoms with Crippen LogP contribution in [0.5, 0.6) is 5.75 Å². The Hall–Kier alpha value is -4.18. The second kappa shape index (κ2) is 10.9. The van der Waals surface area contributed by atoms with Crippen LogP contribution in [0.1, 0.15) is 18.1 Å². The summed E-state index contributed by atoms with van der Waals surface area (Å²) in [4.78, 5) is 16.5. The number of aromatic amines is 1. The van der Waals surface area contributed by atoms with Crippen molar-refractivity contribution >= 4 is 11.4 Å². The fourth-order valence-corrected chi connectivity index (χ4v) is 5.23. The number of hydrogen-bond acceptors (Lipinski definition) is 6. The molecule has 39 heavy (non-hydrogen) atoms. The van der Waals surface area contributed by atoms with Gasteiger partial charge in [0.05, 0.1) is 25.0 Å². The lowest BCUT2D eigenvalue weighted by Crippen LogP contribution is -2.46. The summed E-state index contributed by atoms with van der Waals surface area (Å²) in [6.45, 7) is 4.52. The van der Waals surface area contributed by atoms with E-state index in [0.29, 0.717) is 25.2 Å². The van der Waals surface area contributed by atoms with E-state index >= 15 is 0 Å². The third kappa shape index (κ3) is 5.51. The molecule has 1 aromatic heterocycles. The van der Waals surface area contributed by atoms with Crippen LogP contribution in [-0.4, -0.2) is 54.2 Å². The topological polar surface area (TPSA) is 75.6 Å². The molecule has 3 heterocycles. The number of ether oxygens (including phenoxy) is 2. The normalized spacial score (nSPS) is 19.4. The Morgan fingerprint density at radius 2 is 1.54 bits per heavy atom. The molecule has 10 heteroatoms. The minimum atomic E-state index is -0.587. The molecule has 3 aromatic carbocycles. The fraction of sp³-hybridized carbons (Fsp3) is 0.310. The molecule has 2 aliphatic heterocycles. The van der Waals surface area contributed by atoms with Crippen molar-refractivity contribution in [3.05, 3.63) is 101 Å². The van der Waals surface area contributed by atoms with Crippen LogP contribution in [0.3, 0.4) is 0 Å². The van der Waals surface area contributed by atoms with E-state index in [0.717, 1.165) is 55.1 Å². The number of nitrogens with zero attached hydrogens (tertiary/aromatic N) is 4. The third-order valence-electron chi connectivity index (χ3n) is 7.40. The number of aromatic nitrogens is 3. The van der Waals surface area contributed by atoms with Crippen molar-refractivity contribution in [2.24, 2.45) is 5.92 Å². The lowest BCUT2D eigenvalue weighted by atomic mass is 10.0. The second-order valence-electron chi connectivity index (χ2n) is 9.92. The van der Waals surface area contributed by atoms with Gasteiger partial charge in [0.15, 0.2) is 0 Å². The molecule has 0 bridgehead atoms. The van der Waals surface area contributed by atoms with Gasteiger partial charge in [-0.05, 0) is 61.0 Å². The molecule has 2 saturated heterocycles. The maximum Gasteiger partial charge on any atom is 0.347 e. The van der Waals surface area contributed by atoms with Gasteiger partial charge in [0, 0.05) is 55.1 Å². The van der Waals surface area contributed by atoms with Gasteiger partial charge >= 0.3 is 5.69 Å². The highest BCUT2D eigenvalue weighted by molar-refractivity contribution is 5.54. The second-order valence-corrected chi connectivity index (χ2v) is 9.92. The summed E-state index contributed by atoms with van der Waals surface area (Å²) in [6, 6.07) is 19.6. The van der Waals surface area contributed by atoms with Crippen molar-refractivity contribution in [1.82, 2.24) is 14.8 Å². The minimum absolute atomic E-state index is 0.141. The summed E-state index contributed by atoms with van der Waals surface area (Å²) in [5.41, 5.74) is 3.19. The molecule has 0 saturated carbocycles. The number of anilines is 2. The molecule has 1 N–H and O–H groups in total. The lowest BCUT2D eigenvalue weighted by Gasteiger charge is -2.37. The van der Waals surface area contributed by atoms with Gasteiger partial charge in [0.2, 0.25) is 0 Å². The van der Waals surface area contributed by atoms with Crippen molar-refractivity contribution in [3.63, 3.8) is 0 Å². The Morgan fingerprint density at radius 3 is 2.15 bits per heavy atom. The molecule has 0 aliphatic carbocycles. The number of piperazine rings is 1. The number of nitrogens with one attached hydrogen (secondary N) is 1. The zero-order chi connectivity index (χ0) is 26.8. The van der Waals surface area contributed by atoms with Crippen molar-refractivity contribution in [2.45, 2.75) is 12.5 Å². The van der Waals surface area contributed by atoms with Crippen LogP contribution in [0.4, 0.5) is 20.2 Å². The van der Waals surface area contributed by atoms with Crippen LogP contribution < -0.4 is 20.2 Å². The first kappa shape index (κ1) is 25.1. The zero-order valence-corrected chi connectivity index (χ0v) is 21.3. The van der Waals surface area contributed by atoms with Gasteiger partial charge in [-0.25, -0.2) is 23.2 Å². The molecule has 202 valence electrons. The molecule has 2 atom stereocenters. The molecule has 0 amide bonds. The maximum atomic E-state index is 14.1. The summed E-state index contributed by atoms with van der Waals surface area (Å²) in [7, 11) is 0. The summed E-state index contributed by atoms with van der Waals surface area (Å²) >= 11 is 0. The quantitative estimate of drug-likeness (QED) is 0.382. The molecule has 4 aromatic rings. The molecule has 1 unspecified atom stereocenters. The van der Waals surface area contributed by atoms with Gasteiger partial charge in [0.1, 0.15) is 23.7 Å². The van der Waals surface area contributed by atoms with Crippen LogP contribution in [0, 0.1) is 17.6 Å². The maximum absolute atomic E-state index is 14.1. The Balaban J connectivity index is 0.980. The predicted octanol–water partition coefficient (Wildman–Crippen LogP) is 4.32. The number of rotatable bonds is 7. The van der Waals surface area contributed by atoms with E-state index < -0.39 is 11.6 Å². The van der Waals surface area contributed by atoms with E-state index in [1.54, 1.807) is 0 Å². The van der Waals surface area contributed by atoms with Crippen molar-refractivity contribution in [2.75, 3.05) is 49.2 Å². The number of hydrogen-bond donors (Lipinski definition) is 1. The van der Waals surface area contributed by atoms with Crippen LogP contribution in [0.25, 0.3) is 5.69 Å². The van der Waals surface area contributed by atoms with E-state index in [1.807, 2.05) is 36.4 Å². The minimum Gasteiger partial charge on any atom is -0.493 e. The van der Waals surface area contributed by atoms with E-state index in [1.165, 1.54) is 23.0 Å². The highest BCUT2D eigenvalue weighted by Gasteiger charge is 2.29. The van der Waals surface area contributed by atoms with E-state index in [9.17, 15) is 13.6 Å². The fourth-order valence-electron chi connectivity index (χ4n) is 5.23. The lowest BCUT2D eigenvalue weighted by molar-refractivity contribution is 0.100. The van der Waals surface area contributed by atoms with Crippen LogP contribution >= 0.6 is 0 Å². The van der Waals surface area contributed by atoms with Gasteiger partial charge in [-0.15, -0.1) is 0 Å². The molecule has 6 rings (SSSR count). The monoisotopic (exact) mass is 533 g/mol. The molecule has 0 spiro atoms. The van der Waals surface area contributed by atoms with E-state index in [2.05, 4.69) is 32.1 Å². The van der Waals surface area contributed by atoms with Crippen LogP contribution in [0.2, 0.25) is 0 Å². The van der Waals surface area contributed by atoms with Crippen molar-refractivity contribution in [1.29, 1.82) is 0 Å². The Morgan fingerprint density at radius 1 is 0.897 bits per heavy atom. The first-order valence-electron chi connectivity index (χ1n) is 13.1. The Bertz CT molecular complexity index is 1460. The highest BCUT2D eigenvalue weighted by Crippen LogP contribution is 2.34. The molecule has 0 radical (unpaired) electrons. The zero-order valence-electron chi connectivity index (χ0n) is 21.3. The number of benzene rings is 3. The Kier molecular flexibility index (Phi) is 7.02. The average Bonchev–Trinajstić information content (AvgIpc) is 3.61. The molecule has 2 aliphatic rings. The molecule has 2 fully saturated rings. The van der Waals surface area contributed by atoms with Crippen LogP contribution in [0.15, 0.2) is 77.9 Å². The third-order valence-corrected chi connectivity index (χ3v) is 7.40. The number of H-pyrrole nitrogens is 1. The van der Waals surface area contributed by atoms with Crippen molar-refractivity contribution < 1.29 is 18.3 Å². The first-order chi connectivity index (χ1) is 19.0. The van der Waals surface area contributed by atoms with Gasteiger partial charge in [-0.1, -0.05) is 6.07 Å². The van der Waals surface area contributed by atoms with Gasteiger partial charge in [-0.3, -0.25) is 0 Å². The van der Waals surface area contributed by atoms with Gasteiger partial charge < -0.3 is 19.3 Å². The van der Waals surface area contributed by atoms with Crippen LogP contribution in [-0.2, 0) is 4.74 Å². The molecule has 8 nitrogen and oxygen atoms in total. The van der Waals surface area contributed by atoms with Gasteiger partial charge in [0.25, 0.3) is 0 Å². The summed E-state index contributed by atoms with van der Waals surface area (Å²) in [5.74, 6) is -0.234. The number of halogens is 2. The summed E-state index contributed by atoms with van der Waals surface area (Å²) < 4.78 is 40.5. The van der Waals surface area contributed by atoms with Gasteiger partial charge in [-0.2, -0.15) is 5.10 Å². The summed E-state index contributed by atoms with van der Waals surface area (Å²) in [5, 5.41) is 6.18. The first-order valence-corrected chi connectivity index (χ1v) is 13.1. The molecular weight excluding hydrogens is 504 g/mol. The predicted molar refractivity (Wildman–Crippen MR) is 144 cm³/mol. The van der Waals surface area contributed by atoms with E-state index in [4.69, 9.17) is 9.47 Å². The highest BCUT2D eigenvalue weighted by atomic mass is 19.1. The SMILES string of the molecule is O=c1[nH]ncn1-c1ccc(N2CCN(c3ccc(OC[C@@H]4COC(c5ccc(F)cc5F)C4)cc3)CC2)cc1. The average molecular weight is 534 g/mol. The standard InChI is InChI=1S/C29H29F2N5O3/c30-21-1-10-26(27(31)16-21)28-15-20(18-39-28)17-38-25-8-6-23(7-9-25)35-13-11-34(12-14-35)22-2-4-24(5-3-22)36-19-32-33-29(36)37/h1-10,16,19-20,28H,11-15,17-18H2,(H,33,37)/t20-,28?/m1/s1. The van der Waals surface area contributed by atoms with E-state index in [-0.39, 0.29) is 17.7 Å². The smallest absolute Gasteiger partial charge is 0.347 e. The van der Waals surface area contributed by atoms with Crippen molar-refractivity contribution in [3.8, 4) is 11.4 Å².